The van der Waals surface area contributed by atoms with Crippen LogP contribution in [0.3, 0.4) is 0 Å². The summed E-state index contributed by atoms with van der Waals surface area (Å²) in [7, 11) is 0. The number of furan rings is 1. The van der Waals surface area contributed by atoms with Crippen molar-refractivity contribution in [3.8, 4) is 0 Å². The van der Waals surface area contributed by atoms with E-state index in [1.807, 2.05) is 6.92 Å². The summed E-state index contributed by atoms with van der Waals surface area (Å²) < 4.78 is 11.8. The lowest BCUT2D eigenvalue weighted by molar-refractivity contribution is 0.00831. The fourth-order valence-corrected chi connectivity index (χ4v) is 2.73. The van der Waals surface area contributed by atoms with E-state index >= 15 is 0 Å². The van der Waals surface area contributed by atoms with Crippen molar-refractivity contribution in [1.82, 2.24) is 5.32 Å². The molecular weight excluding hydrogens is 250 g/mol. The zero-order valence-corrected chi connectivity index (χ0v) is 13.4. The van der Waals surface area contributed by atoms with Crippen LogP contribution in [0.1, 0.15) is 63.5 Å². The summed E-state index contributed by atoms with van der Waals surface area (Å²) in [5.74, 6) is 2.88. The molecule has 0 aromatic carbocycles. The first kappa shape index (κ1) is 15.6. The second kappa shape index (κ2) is 7.28. The van der Waals surface area contributed by atoms with Crippen molar-refractivity contribution in [2.24, 2.45) is 5.92 Å². The molecule has 1 aromatic rings. The van der Waals surface area contributed by atoms with Gasteiger partial charge < -0.3 is 14.5 Å². The van der Waals surface area contributed by atoms with E-state index in [0.29, 0.717) is 18.8 Å². The third-order valence-corrected chi connectivity index (χ3v) is 4.19. The maximum Gasteiger partial charge on any atom is 0.118 e. The van der Waals surface area contributed by atoms with Crippen LogP contribution in [-0.4, -0.2) is 12.1 Å². The lowest BCUT2D eigenvalue weighted by Crippen LogP contribution is -2.21. The fraction of sp³-hybridized carbons (Fsp3) is 0.765. The molecule has 3 heteroatoms. The van der Waals surface area contributed by atoms with Gasteiger partial charge in [0.25, 0.3) is 0 Å². The summed E-state index contributed by atoms with van der Waals surface area (Å²) in [6.07, 6.45) is 5.47. The molecule has 1 heterocycles. The largest absolute Gasteiger partial charge is 0.465 e. The quantitative estimate of drug-likeness (QED) is 0.848. The van der Waals surface area contributed by atoms with E-state index in [2.05, 4.69) is 32.2 Å². The predicted molar refractivity (Wildman–Crippen MR) is 81.6 cm³/mol. The van der Waals surface area contributed by atoms with Gasteiger partial charge in [-0.3, -0.25) is 0 Å². The van der Waals surface area contributed by atoms with Crippen molar-refractivity contribution in [3.05, 3.63) is 23.2 Å². The number of hydrogen-bond donors (Lipinski definition) is 1. The summed E-state index contributed by atoms with van der Waals surface area (Å²) in [5.41, 5.74) is 1.20. The van der Waals surface area contributed by atoms with Crippen LogP contribution in [0, 0.1) is 12.8 Å². The average molecular weight is 279 g/mol. The van der Waals surface area contributed by atoms with E-state index in [1.54, 1.807) is 0 Å². The van der Waals surface area contributed by atoms with Gasteiger partial charge >= 0.3 is 0 Å². The highest BCUT2D eigenvalue weighted by atomic mass is 16.5. The van der Waals surface area contributed by atoms with E-state index in [9.17, 15) is 0 Å². The van der Waals surface area contributed by atoms with E-state index in [0.717, 1.165) is 24.0 Å². The first-order chi connectivity index (χ1) is 9.54. The topological polar surface area (TPSA) is 34.4 Å². The van der Waals surface area contributed by atoms with Crippen LogP contribution in [0.15, 0.2) is 10.5 Å². The number of nitrogens with one attached hydrogen (secondary N) is 1. The molecule has 2 rings (SSSR count). The van der Waals surface area contributed by atoms with Crippen molar-refractivity contribution in [3.63, 3.8) is 0 Å². The highest BCUT2D eigenvalue weighted by Crippen LogP contribution is 2.27. The molecule has 3 nitrogen and oxygen atoms in total. The fourth-order valence-electron chi connectivity index (χ4n) is 2.73. The molecule has 1 N–H and O–H groups in total. The maximum atomic E-state index is 6.06. The Morgan fingerprint density at radius 3 is 2.65 bits per heavy atom. The molecule has 1 saturated carbocycles. The molecule has 0 saturated heterocycles. The van der Waals surface area contributed by atoms with Crippen LogP contribution in [0.5, 0.6) is 0 Å². The van der Waals surface area contributed by atoms with Crippen LogP contribution in [-0.2, 0) is 17.9 Å². The normalized spacial score (nSPS) is 23.4. The number of rotatable bonds is 6. The van der Waals surface area contributed by atoms with Crippen LogP contribution >= 0.6 is 0 Å². The Hall–Kier alpha value is -0.800. The Kier molecular flexibility index (Phi) is 5.67. The average Bonchev–Trinajstić information content (AvgIpc) is 2.76. The standard InChI is InChI=1S/C17H29NO2/c1-12(2)18-10-17-9-15(14(4)20-17)11-19-16-7-5-13(3)6-8-16/h9,12-13,16,18H,5-8,10-11H2,1-4H3. The van der Waals surface area contributed by atoms with Crippen molar-refractivity contribution in [2.45, 2.75) is 78.7 Å². The second-order valence-corrected chi connectivity index (χ2v) is 6.52. The molecule has 0 spiro atoms. The summed E-state index contributed by atoms with van der Waals surface area (Å²) in [6, 6.07) is 2.61. The maximum absolute atomic E-state index is 6.06. The number of aryl methyl sites for hydroxylation is 1. The van der Waals surface area contributed by atoms with Gasteiger partial charge in [-0.05, 0) is 44.6 Å². The zero-order chi connectivity index (χ0) is 14.5. The predicted octanol–water partition coefficient (Wildman–Crippen LogP) is 4.18. The molecule has 0 radical (unpaired) electrons. The number of ether oxygens (including phenoxy) is 1. The third-order valence-electron chi connectivity index (χ3n) is 4.19. The van der Waals surface area contributed by atoms with Gasteiger partial charge in [-0.1, -0.05) is 20.8 Å². The smallest absolute Gasteiger partial charge is 0.118 e. The van der Waals surface area contributed by atoms with Crippen LogP contribution in [0.2, 0.25) is 0 Å². The Morgan fingerprint density at radius 2 is 2.00 bits per heavy atom. The molecular formula is C17H29NO2. The first-order valence-corrected chi connectivity index (χ1v) is 7.97. The molecule has 0 atom stereocenters. The minimum Gasteiger partial charge on any atom is -0.465 e. The van der Waals surface area contributed by atoms with Gasteiger partial charge in [-0.15, -0.1) is 0 Å². The Labute approximate surface area is 123 Å². The van der Waals surface area contributed by atoms with Crippen LogP contribution in [0.25, 0.3) is 0 Å². The van der Waals surface area contributed by atoms with Gasteiger partial charge in [0.05, 0.1) is 19.3 Å². The molecule has 114 valence electrons. The SMILES string of the molecule is Cc1oc(CNC(C)C)cc1COC1CCC(C)CC1. The summed E-state index contributed by atoms with van der Waals surface area (Å²) in [5, 5.41) is 3.38. The number of hydrogen-bond acceptors (Lipinski definition) is 3. The Bertz CT molecular complexity index is 403. The van der Waals surface area contributed by atoms with Crippen LogP contribution in [0.4, 0.5) is 0 Å². The van der Waals surface area contributed by atoms with E-state index in [1.165, 1.54) is 31.2 Å². The van der Waals surface area contributed by atoms with E-state index in [4.69, 9.17) is 9.15 Å². The van der Waals surface area contributed by atoms with Gasteiger partial charge in [0.2, 0.25) is 0 Å². The molecule has 20 heavy (non-hydrogen) atoms. The summed E-state index contributed by atoms with van der Waals surface area (Å²) >= 11 is 0. The molecule has 0 bridgehead atoms. The lowest BCUT2D eigenvalue weighted by atomic mass is 9.89. The molecule has 0 unspecified atom stereocenters. The molecule has 1 aromatic heterocycles. The molecule has 0 aliphatic heterocycles. The first-order valence-electron chi connectivity index (χ1n) is 7.97. The Morgan fingerprint density at radius 1 is 1.30 bits per heavy atom. The van der Waals surface area contributed by atoms with Gasteiger partial charge in [-0.2, -0.15) is 0 Å². The minimum atomic E-state index is 0.442. The van der Waals surface area contributed by atoms with Gasteiger partial charge in [0, 0.05) is 11.6 Å². The Balaban J connectivity index is 1.80. The van der Waals surface area contributed by atoms with Crippen molar-refractivity contribution < 1.29 is 9.15 Å². The monoisotopic (exact) mass is 279 g/mol. The van der Waals surface area contributed by atoms with Gasteiger partial charge in [0.15, 0.2) is 0 Å². The summed E-state index contributed by atoms with van der Waals surface area (Å²) in [6.45, 7) is 10.1. The second-order valence-electron chi connectivity index (χ2n) is 6.52. The summed E-state index contributed by atoms with van der Waals surface area (Å²) in [4.78, 5) is 0. The highest BCUT2D eigenvalue weighted by molar-refractivity contribution is 5.20. The van der Waals surface area contributed by atoms with Crippen molar-refractivity contribution in [1.29, 1.82) is 0 Å². The molecule has 1 fully saturated rings. The van der Waals surface area contributed by atoms with E-state index in [-0.39, 0.29) is 0 Å². The molecule has 1 aliphatic carbocycles. The molecule has 0 amide bonds. The minimum absolute atomic E-state index is 0.442. The van der Waals surface area contributed by atoms with Crippen LogP contribution < -0.4 is 5.32 Å². The van der Waals surface area contributed by atoms with Gasteiger partial charge in [0.1, 0.15) is 11.5 Å². The van der Waals surface area contributed by atoms with Gasteiger partial charge in [-0.25, -0.2) is 0 Å². The van der Waals surface area contributed by atoms with Crippen molar-refractivity contribution >= 4 is 0 Å². The molecule has 1 aliphatic rings. The highest BCUT2D eigenvalue weighted by Gasteiger charge is 2.19. The zero-order valence-electron chi connectivity index (χ0n) is 13.4. The third kappa shape index (κ3) is 4.64. The van der Waals surface area contributed by atoms with Crippen molar-refractivity contribution in [2.75, 3.05) is 0 Å². The lowest BCUT2D eigenvalue weighted by Gasteiger charge is -2.26. The van der Waals surface area contributed by atoms with E-state index < -0.39 is 0 Å².